The van der Waals surface area contributed by atoms with Gasteiger partial charge in [0.2, 0.25) is 0 Å². The van der Waals surface area contributed by atoms with Gasteiger partial charge < -0.3 is 9.64 Å². The van der Waals surface area contributed by atoms with Crippen molar-refractivity contribution in [2.24, 2.45) is 0 Å². The van der Waals surface area contributed by atoms with Crippen molar-refractivity contribution in [1.82, 2.24) is 19.9 Å². The van der Waals surface area contributed by atoms with Gasteiger partial charge in [0.15, 0.2) is 6.23 Å². The highest BCUT2D eigenvalue weighted by atomic mass is 16.5. The highest BCUT2D eigenvalue weighted by Gasteiger charge is 2.37. The average Bonchev–Trinajstić information content (AvgIpc) is 3.17. The maximum Gasteiger partial charge on any atom is 0.278 e. The van der Waals surface area contributed by atoms with Crippen molar-refractivity contribution in [2.75, 3.05) is 6.54 Å². The van der Waals surface area contributed by atoms with Gasteiger partial charge in [0.1, 0.15) is 11.3 Å². The Morgan fingerprint density at radius 2 is 2.04 bits per heavy atom. The highest BCUT2D eigenvalue weighted by molar-refractivity contribution is 6.01. The van der Waals surface area contributed by atoms with E-state index in [-0.39, 0.29) is 23.7 Å². The summed E-state index contributed by atoms with van der Waals surface area (Å²) >= 11 is 0. The number of hydrogen-bond donors (Lipinski definition) is 0. The van der Waals surface area contributed by atoms with Crippen molar-refractivity contribution in [3.63, 3.8) is 0 Å². The Kier molecular flexibility index (Phi) is 3.89. The summed E-state index contributed by atoms with van der Waals surface area (Å²) in [5, 5.41) is 8.77. The van der Waals surface area contributed by atoms with E-state index in [0.29, 0.717) is 35.2 Å². The smallest absolute Gasteiger partial charge is 0.278 e. The van der Waals surface area contributed by atoms with Crippen LogP contribution >= 0.6 is 0 Å². The molecule has 0 saturated carbocycles. The van der Waals surface area contributed by atoms with Gasteiger partial charge in [-0.05, 0) is 37.5 Å². The van der Waals surface area contributed by atoms with E-state index < -0.39 is 0 Å². The topological polar surface area (TPSA) is 77.3 Å². The minimum absolute atomic E-state index is 0.0610. The van der Waals surface area contributed by atoms with Crippen molar-refractivity contribution >= 4 is 16.8 Å². The summed E-state index contributed by atoms with van der Waals surface area (Å²) in [6.45, 7) is 2.65. The quantitative estimate of drug-likeness (QED) is 0.702. The van der Waals surface area contributed by atoms with E-state index in [0.717, 1.165) is 18.4 Å². The molecule has 2 aliphatic rings. The molecule has 0 bridgehead atoms. The van der Waals surface area contributed by atoms with Gasteiger partial charge >= 0.3 is 0 Å². The monoisotopic (exact) mass is 376 g/mol. The maximum absolute atomic E-state index is 13.1. The van der Waals surface area contributed by atoms with Crippen molar-refractivity contribution in [3.8, 4) is 5.75 Å². The fourth-order valence-corrected chi connectivity index (χ4v) is 4.07. The van der Waals surface area contributed by atoms with Crippen LogP contribution < -0.4 is 10.3 Å². The van der Waals surface area contributed by atoms with Gasteiger partial charge in [0.05, 0.1) is 17.0 Å². The molecule has 2 unspecified atom stereocenters. The molecule has 7 nitrogen and oxygen atoms in total. The molecule has 5 rings (SSSR count). The lowest BCUT2D eigenvalue weighted by Gasteiger charge is -2.31. The summed E-state index contributed by atoms with van der Waals surface area (Å²) in [6, 6.07) is 13.1. The van der Waals surface area contributed by atoms with Crippen LogP contribution in [0.3, 0.4) is 0 Å². The van der Waals surface area contributed by atoms with E-state index in [2.05, 4.69) is 10.3 Å². The third kappa shape index (κ3) is 2.66. The van der Waals surface area contributed by atoms with Gasteiger partial charge in [-0.1, -0.05) is 35.5 Å². The second-order valence-electron chi connectivity index (χ2n) is 7.46. The van der Waals surface area contributed by atoms with Gasteiger partial charge in [-0.15, -0.1) is 5.10 Å². The molecule has 2 aromatic carbocycles. The van der Waals surface area contributed by atoms with E-state index in [1.165, 1.54) is 4.68 Å². The zero-order valence-electron chi connectivity index (χ0n) is 15.5. The van der Waals surface area contributed by atoms with Crippen LogP contribution in [0.25, 0.3) is 10.9 Å². The number of rotatable bonds is 3. The third-order valence-corrected chi connectivity index (χ3v) is 5.53. The molecule has 0 spiro atoms. The van der Waals surface area contributed by atoms with Crippen molar-refractivity contribution in [1.29, 1.82) is 0 Å². The Morgan fingerprint density at radius 3 is 2.86 bits per heavy atom. The van der Waals surface area contributed by atoms with Crippen LogP contribution in [0, 0.1) is 0 Å². The average molecular weight is 376 g/mol. The molecule has 3 heterocycles. The highest BCUT2D eigenvalue weighted by Crippen LogP contribution is 2.34. The molecule has 1 saturated heterocycles. The zero-order chi connectivity index (χ0) is 19.3. The minimum Gasteiger partial charge on any atom is -0.470 e. The number of benzene rings is 2. The first-order valence-corrected chi connectivity index (χ1v) is 9.56. The number of fused-ring (bicyclic) bond motifs is 3. The van der Waals surface area contributed by atoms with E-state index in [9.17, 15) is 9.59 Å². The summed E-state index contributed by atoms with van der Waals surface area (Å²) in [6.07, 6.45) is 2.19. The van der Waals surface area contributed by atoms with Crippen molar-refractivity contribution < 1.29 is 9.53 Å². The zero-order valence-corrected chi connectivity index (χ0v) is 15.5. The summed E-state index contributed by atoms with van der Waals surface area (Å²) < 4.78 is 7.41. The SMILES string of the molecule is CC(Cc1ccccc1)n1nnc2cc3c(cc2c1=O)OC1CCCN1C3=O. The molecule has 0 radical (unpaired) electrons. The van der Waals surface area contributed by atoms with Gasteiger partial charge in [-0.3, -0.25) is 9.59 Å². The molecule has 0 aliphatic carbocycles. The van der Waals surface area contributed by atoms with Crippen LogP contribution in [0.2, 0.25) is 0 Å². The van der Waals surface area contributed by atoms with Crippen LogP contribution in [0.1, 0.15) is 41.7 Å². The van der Waals surface area contributed by atoms with Gasteiger partial charge in [-0.2, -0.15) is 0 Å². The van der Waals surface area contributed by atoms with Crippen molar-refractivity contribution in [2.45, 2.75) is 38.5 Å². The first kappa shape index (κ1) is 16.9. The summed E-state index contributed by atoms with van der Waals surface area (Å²) in [5.74, 6) is 0.405. The standard InChI is InChI=1S/C21H20N4O3/c1-13(10-14-6-3-2-4-7-14)25-21(27)15-12-18-16(11-17(15)22-23-25)20(26)24-9-5-8-19(24)28-18/h2-4,6-7,11-13,19H,5,8-10H2,1H3. The molecule has 3 aromatic rings. The number of carbonyl (C=O) groups is 1. The predicted molar refractivity (Wildman–Crippen MR) is 103 cm³/mol. The Bertz CT molecular complexity index is 1130. The number of hydrogen-bond acceptors (Lipinski definition) is 5. The number of ether oxygens (including phenoxy) is 1. The molecule has 1 fully saturated rings. The number of aromatic nitrogens is 3. The Labute approximate surface area is 161 Å². The lowest BCUT2D eigenvalue weighted by molar-refractivity contribution is 0.0295. The number of amides is 1. The van der Waals surface area contributed by atoms with Gasteiger partial charge in [0, 0.05) is 13.0 Å². The largest absolute Gasteiger partial charge is 0.470 e. The number of nitrogens with zero attached hydrogens (tertiary/aromatic N) is 4. The lowest BCUT2D eigenvalue weighted by Crippen LogP contribution is -2.43. The van der Waals surface area contributed by atoms with Crippen molar-refractivity contribution in [3.05, 3.63) is 63.9 Å². The van der Waals surface area contributed by atoms with Crippen LogP contribution in [0.5, 0.6) is 5.75 Å². The number of carbonyl (C=O) groups excluding carboxylic acids is 1. The van der Waals surface area contributed by atoms with Crippen LogP contribution in [0.15, 0.2) is 47.3 Å². The van der Waals surface area contributed by atoms with Gasteiger partial charge in [-0.25, -0.2) is 4.68 Å². The summed E-state index contributed by atoms with van der Waals surface area (Å²) in [7, 11) is 0. The normalized spacial score (nSPS) is 19.2. The second kappa shape index (κ2) is 6.44. The molecule has 142 valence electrons. The molecule has 1 aromatic heterocycles. The van der Waals surface area contributed by atoms with E-state index >= 15 is 0 Å². The molecular formula is C21H20N4O3. The van der Waals surface area contributed by atoms with Crippen LogP contribution in [-0.4, -0.2) is 38.6 Å². The molecule has 7 heteroatoms. The van der Waals surface area contributed by atoms with E-state index in [4.69, 9.17) is 4.74 Å². The fourth-order valence-electron chi connectivity index (χ4n) is 4.07. The van der Waals surface area contributed by atoms with Crippen LogP contribution in [-0.2, 0) is 6.42 Å². The fraction of sp³-hybridized carbons (Fsp3) is 0.333. The lowest BCUT2D eigenvalue weighted by atomic mass is 10.1. The Hall–Kier alpha value is -3.22. The van der Waals surface area contributed by atoms with E-state index in [1.807, 2.05) is 37.3 Å². The Balaban J connectivity index is 1.55. The third-order valence-electron chi connectivity index (χ3n) is 5.53. The molecule has 1 amide bonds. The second-order valence-corrected chi connectivity index (χ2v) is 7.46. The molecule has 0 N–H and O–H groups in total. The molecule has 2 aliphatic heterocycles. The molecule has 2 atom stereocenters. The Morgan fingerprint density at radius 1 is 1.21 bits per heavy atom. The van der Waals surface area contributed by atoms with Gasteiger partial charge in [0.25, 0.3) is 11.5 Å². The van der Waals surface area contributed by atoms with E-state index in [1.54, 1.807) is 17.0 Å². The molecule has 28 heavy (non-hydrogen) atoms. The first-order chi connectivity index (χ1) is 13.6. The maximum atomic E-state index is 13.1. The van der Waals surface area contributed by atoms with Crippen LogP contribution in [0.4, 0.5) is 0 Å². The molecular weight excluding hydrogens is 356 g/mol. The summed E-state index contributed by atoms with van der Waals surface area (Å²) in [5.41, 5.74) is 1.78. The predicted octanol–water partition coefficient (Wildman–Crippen LogP) is 2.55. The minimum atomic E-state index is -0.230. The first-order valence-electron chi connectivity index (χ1n) is 9.56. The summed E-state index contributed by atoms with van der Waals surface area (Å²) in [4.78, 5) is 27.5.